The highest BCUT2D eigenvalue weighted by atomic mass is 32.2. The Balaban J connectivity index is 1.50. The number of hydrogen-bond donors (Lipinski definition) is 1. The number of pyridine rings is 1. The molecule has 2 aromatic carbocycles. The van der Waals surface area contributed by atoms with Crippen LogP contribution in [-0.2, 0) is 10.0 Å². The first kappa shape index (κ1) is 22.8. The number of halogens is 2. The summed E-state index contributed by atoms with van der Waals surface area (Å²) in [7, 11) is -3.80. The molecule has 1 N–H and O–H groups in total. The molecular weight excluding hydrogens is 450 g/mol. The Labute approximate surface area is 190 Å². The minimum atomic E-state index is -3.80. The van der Waals surface area contributed by atoms with E-state index in [0.29, 0.717) is 24.2 Å². The van der Waals surface area contributed by atoms with Crippen molar-refractivity contribution in [2.45, 2.75) is 11.3 Å². The summed E-state index contributed by atoms with van der Waals surface area (Å²) < 4.78 is 53.9. The van der Waals surface area contributed by atoms with Crippen LogP contribution >= 0.6 is 0 Å². The molecule has 0 aliphatic carbocycles. The van der Waals surface area contributed by atoms with Crippen LogP contribution in [0.1, 0.15) is 16.8 Å². The SMILES string of the molecule is O=C(c1cccnc1Nc1cccc(F)c1)N1CCCN(S(=O)(=O)c2ccc(F)cc2)CC1. The molecule has 2 heterocycles. The van der Waals surface area contributed by atoms with Crippen molar-refractivity contribution in [2.75, 3.05) is 31.5 Å². The summed E-state index contributed by atoms with van der Waals surface area (Å²) in [5.41, 5.74) is 0.756. The zero-order valence-corrected chi connectivity index (χ0v) is 18.4. The zero-order valence-electron chi connectivity index (χ0n) is 17.6. The fourth-order valence-corrected chi connectivity index (χ4v) is 5.11. The van der Waals surface area contributed by atoms with Gasteiger partial charge in [-0.3, -0.25) is 4.79 Å². The van der Waals surface area contributed by atoms with Crippen LogP contribution in [-0.4, -0.2) is 54.7 Å². The number of carbonyl (C=O) groups excluding carboxylic acids is 1. The van der Waals surface area contributed by atoms with Crippen LogP contribution in [0, 0.1) is 11.6 Å². The number of nitrogens with zero attached hydrogens (tertiary/aromatic N) is 3. The Hall–Kier alpha value is -3.37. The average Bonchev–Trinajstić information content (AvgIpc) is 3.06. The molecule has 33 heavy (non-hydrogen) atoms. The van der Waals surface area contributed by atoms with E-state index in [1.54, 1.807) is 29.2 Å². The number of hydrogen-bond acceptors (Lipinski definition) is 5. The smallest absolute Gasteiger partial charge is 0.257 e. The van der Waals surface area contributed by atoms with Gasteiger partial charge in [-0.1, -0.05) is 6.07 Å². The molecule has 0 radical (unpaired) electrons. The molecule has 10 heteroatoms. The Morgan fingerprint density at radius 1 is 0.909 bits per heavy atom. The minimum Gasteiger partial charge on any atom is -0.339 e. The zero-order chi connectivity index (χ0) is 23.4. The van der Waals surface area contributed by atoms with Gasteiger partial charge in [0.25, 0.3) is 5.91 Å². The quantitative estimate of drug-likeness (QED) is 0.613. The maximum absolute atomic E-state index is 13.5. The van der Waals surface area contributed by atoms with Gasteiger partial charge in [0.15, 0.2) is 0 Å². The van der Waals surface area contributed by atoms with Gasteiger partial charge in [0.05, 0.1) is 10.5 Å². The van der Waals surface area contributed by atoms with E-state index >= 15 is 0 Å². The lowest BCUT2D eigenvalue weighted by atomic mass is 10.2. The second kappa shape index (κ2) is 9.63. The van der Waals surface area contributed by atoms with E-state index in [-0.39, 0.29) is 36.3 Å². The number of rotatable bonds is 5. The molecule has 0 saturated carbocycles. The molecule has 1 aliphatic heterocycles. The lowest BCUT2D eigenvalue weighted by molar-refractivity contribution is 0.0765. The van der Waals surface area contributed by atoms with Crippen molar-refractivity contribution >= 4 is 27.4 Å². The number of aromatic nitrogens is 1. The molecule has 1 aromatic heterocycles. The van der Waals surface area contributed by atoms with Crippen LogP contribution in [0.4, 0.5) is 20.3 Å². The molecule has 1 saturated heterocycles. The normalized spacial score (nSPS) is 15.2. The maximum Gasteiger partial charge on any atom is 0.257 e. The van der Waals surface area contributed by atoms with Gasteiger partial charge in [-0.2, -0.15) is 4.31 Å². The molecule has 1 amide bonds. The van der Waals surface area contributed by atoms with Crippen LogP contribution in [0.3, 0.4) is 0 Å². The lowest BCUT2D eigenvalue weighted by Gasteiger charge is -2.23. The third-order valence-corrected chi connectivity index (χ3v) is 7.23. The van der Waals surface area contributed by atoms with Gasteiger partial charge >= 0.3 is 0 Å². The second-order valence-electron chi connectivity index (χ2n) is 7.54. The van der Waals surface area contributed by atoms with E-state index in [2.05, 4.69) is 10.3 Å². The number of anilines is 2. The third kappa shape index (κ3) is 5.18. The summed E-state index contributed by atoms with van der Waals surface area (Å²) in [6, 6.07) is 13.8. The fraction of sp³-hybridized carbons (Fsp3) is 0.217. The van der Waals surface area contributed by atoms with Crippen LogP contribution in [0.15, 0.2) is 71.8 Å². The summed E-state index contributed by atoms with van der Waals surface area (Å²) in [6.07, 6.45) is 1.97. The maximum atomic E-state index is 13.5. The first-order chi connectivity index (χ1) is 15.8. The van der Waals surface area contributed by atoms with Crippen molar-refractivity contribution < 1.29 is 22.0 Å². The van der Waals surface area contributed by atoms with E-state index in [9.17, 15) is 22.0 Å². The van der Waals surface area contributed by atoms with Gasteiger partial charge in [0, 0.05) is 38.1 Å². The average molecular weight is 473 g/mol. The molecule has 172 valence electrons. The number of carbonyl (C=O) groups is 1. The van der Waals surface area contributed by atoms with Crippen LogP contribution in [0.25, 0.3) is 0 Å². The van der Waals surface area contributed by atoms with Crippen molar-refractivity contribution in [2.24, 2.45) is 0 Å². The highest BCUT2D eigenvalue weighted by Gasteiger charge is 2.29. The van der Waals surface area contributed by atoms with E-state index in [0.717, 1.165) is 12.1 Å². The van der Waals surface area contributed by atoms with Gasteiger partial charge in [-0.25, -0.2) is 22.2 Å². The van der Waals surface area contributed by atoms with Crippen molar-refractivity contribution in [1.29, 1.82) is 0 Å². The van der Waals surface area contributed by atoms with E-state index < -0.39 is 21.7 Å². The molecule has 0 spiro atoms. The summed E-state index contributed by atoms with van der Waals surface area (Å²) >= 11 is 0. The lowest BCUT2D eigenvalue weighted by Crippen LogP contribution is -2.37. The van der Waals surface area contributed by atoms with Crippen LogP contribution in [0.2, 0.25) is 0 Å². The number of amides is 1. The van der Waals surface area contributed by atoms with E-state index in [1.807, 2.05) is 0 Å². The molecule has 4 rings (SSSR count). The molecular formula is C23H22F2N4O3S. The largest absolute Gasteiger partial charge is 0.339 e. The van der Waals surface area contributed by atoms with Crippen molar-refractivity contribution in [3.05, 3.63) is 84.1 Å². The fourth-order valence-electron chi connectivity index (χ4n) is 3.64. The number of nitrogens with one attached hydrogen (secondary N) is 1. The predicted molar refractivity (Wildman–Crippen MR) is 120 cm³/mol. The molecule has 1 aliphatic rings. The first-order valence-corrected chi connectivity index (χ1v) is 11.8. The molecule has 1 fully saturated rings. The van der Waals surface area contributed by atoms with Gasteiger partial charge in [-0.05, 0) is 61.0 Å². The predicted octanol–water partition coefficient (Wildman–Crippen LogP) is 3.64. The van der Waals surface area contributed by atoms with Crippen LogP contribution < -0.4 is 5.32 Å². The summed E-state index contributed by atoms with van der Waals surface area (Å²) in [5, 5.41) is 2.97. The van der Waals surface area contributed by atoms with Gasteiger partial charge < -0.3 is 10.2 Å². The molecule has 3 aromatic rings. The van der Waals surface area contributed by atoms with Gasteiger partial charge in [0.1, 0.15) is 17.5 Å². The second-order valence-corrected chi connectivity index (χ2v) is 9.48. The van der Waals surface area contributed by atoms with E-state index in [4.69, 9.17) is 0 Å². The van der Waals surface area contributed by atoms with Gasteiger partial charge in [0.2, 0.25) is 10.0 Å². The van der Waals surface area contributed by atoms with Crippen molar-refractivity contribution in [3.63, 3.8) is 0 Å². The molecule has 0 bridgehead atoms. The monoisotopic (exact) mass is 472 g/mol. The molecule has 7 nitrogen and oxygen atoms in total. The van der Waals surface area contributed by atoms with Crippen molar-refractivity contribution in [1.82, 2.24) is 14.2 Å². The Kier molecular flexibility index (Phi) is 6.66. The summed E-state index contributed by atoms with van der Waals surface area (Å²) in [6.45, 7) is 0.902. The number of sulfonamides is 1. The Bertz CT molecular complexity index is 1250. The van der Waals surface area contributed by atoms with Crippen molar-refractivity contribution in [3.8, 4) is 0 Å². The van der Waals surface area contributed by atoms with Gasteiger partial charge in [-0.15, -0.1) is 0 Å². The van der Waals surface area contributed by atoms with E-state index in [1.165, 1.54) is 34.8 Å². The highest BCUT2D eigenvalue weighted by molar-refractivity contribution is 7.89. The highest BCUT2D eigenvalue weighted by Crippen LogP contribution is 2.23. The Morgan fingerprint density at radius 3 is 2.45 bits per heavy atom. The minimum absolute atomic E-state index is 0.0116. The first-order valence-electron chi connectivity index (χ1n) is 10.4. The van der Waals surface area contributed by atoms with Crippen LogP contribution in [0.5, 0.6) is 0 Å². The topological polar surface area (TPSA) is 82.6 Å². The standard InChI is InChI=1S/C23H22F2N4O3S/c24-17-7-9-20(10-8-17)33(31,32)29-13-3-12-28(14-15-29)23(30)21-6-2-11-26-22(21)27-19-5-1-4-18(25)16-19/h1-2,4-11,16H,3,12-15H2,(H,26,27). The molecule has 0 unspecified atom stereocenters. The Morgan fingerprint density at radius 2 is 1.70 bits per heavy atom. The third-order valence-electron chi connectivity index (χ3n) is 5.32. The molecule has 0 atom stereocenters. The number of benzene rings is 2. The summed E-state index contributed by atoms with van der Waals surface area (Å²) in [5.74, 6) is -0.948. The summed E-state index contributed by atoms with van der Waals surface area (Å²) in [4.78, 5) is 19.1.